The molecular formula is C16H21ClN2O. The molecular weight excluding hydrogens is 272 g/mol. The van der Waals surface area contributed by atoms with E-state index in [4.69, 9.17) is 11.6 Å². The molecule has 1 saturated carbocycles. The zero-order chi connectivity index (χ0) is 13.9. The van der Waals surface area contributed by atoms with Gasteiger partial charge >= 0.3 is 6.03 Å². The Morgan fingerprint density at radius 3 is 2.55 bits per heavy atom. The van der Waals surface area contributed by atoms with Crippen LogP contribution in [-0.4, -0.2) is 24.0 Å². The minimum absolute atomic E-state index is 0.0244. The first-order valence-corrected chi connectivity index (χ1v) is 7.91. The summed E-state index contributed by atoms with van der Waals surface area (Å²) in [6.07, 6.45) is 6.51. The Kier molecular flexibility index (Phi) is 4.16. The van der Waals surface area contributed by atoms with Crippen LogP contribution in [0.25, 0.3) is 0 Å². The van der Waals surface area contributed by atoms with Crippen molar-refractivity contribution in [2.75, 3.05) is 18.4 Å². The Hall–Kier alpha value is -1.22. The lowest BCUT2D eigenvalue weighted by atomic mass is 9.75. The van der Waals surface area contributed by atoms with E-state index in [2.05, 4.69) is 5.32 Å². The Morgan fingerprint density at radius 2 is 1.80 bits per heavy atom. The van der Waals surface area contributed by atoms with Crippen molar-refractivity contribution >= 4 is 23.3 Å². The summed E-state index contributed by atoms with van der Waals surface area (Å²) >= 11 is 5.85. The summed E-state index contributed by atoms with van der Waals surface area (Å²) in [6, 6.07) is 7.30. The number of nitrogens with one attached hydrogen (secondary N) is 1. The molecule has 108 valence electrons. The van der Waals surface area contributed by atoms with Gasteiger partial charge in [0.25, 0.3) is 0 Å². The predicted molar refractivity (Wildman–Crippen MR) is 82.1 cm³/mol. The number of piperidine rings is 1. The van der Waals surface area contributed by atoms with Gasteiger partial charge < -0.3 is 10.2 Å². The van der Waals surface area contributed by atoms with Gasteiger partial charge in [0.05, 0.1) is 0 Å². The van der Waals surface area contributed by atoms with E-state index in [0.29, 0.717) is 10.9 Å². The van der Waals surface area contributed by atoms with Gasteiger partial charge in [-0.25, -0.2) is 4.79 Å². The smallest absolute Gasteiger partial charge is 0.321 e. The largest absolute Gasteiger partial charge is 0.324 e. The molecule has 2 aliphatic rings. The maximum Gasteiger partial charge on any atom is 0.321 e. The molecule has 1 aromatic rings. The van der Waals surface area contributed by atoms with Crippen LogP contribution in [-0.2, 0) is 0 Å². The highest BCUT2D eigenvalue weighted by Gasteiger charge is 2.32. The molecule has 0 radical (unpaired) electrons. The van der Waals surface area contributed by atoms with E-state index in [1.165, 1.54) is 32.1 Å². The second kappa shape index (κ2) is 6.04. The monoisotopic (exact) mass is 292 g/mol. The molecule has 2 fully saturated rings. The minimum atomic E-state index is 0.0244. The lowest BCUT2D eigenvalue weighted by Gasteiger charge is -2.41. The number of amides is 2. The summed E-state index contributed by atoms with van der Waals surface area (Å²) in [5, 5.41) is 3.65. The highest BCUT2D eigenvalue weighted by atomic mass is 35.5. The third kappa shape index (κ3) is 3.09. The molecule has 2 atom stereocenters. The first kappa shape index (κ1) is 13.7. The highest BCUT2D eigenvalue weighted by Crippen LogP contribution is 2.36. The molecule has 0 unspecified atom stereocenters. The van der Waals surface area contributed by atoms with Gasteiger partial charge in [-0.3, -0.25) is 0 Å². The van der Waals surface area contributed by atoms with Crippen molar-refractivity contribution in [3.05, 3.63) is 29.3 Å². The Labute approximate surface area is 125 Å². The van der Waals surface area contributed by atoms with E-state index in [0.717, 1.165) is 24.7 Å². The minimum Gasteiger partial charge on any atom is -0.324 e. The van der Waals surface area contributed by atoms with Crippen molar-refractivity contribution in [3.8, 4) is 0 Å². The van der Waals surface area contributed by atoms with Crippen molar-refractivity contribution in [1.82, 2.24) is 4.90 Å². The van der Waals surface area contributed by atoms with Crippen molar-refractivity contribution < 1.29 is 4.79 Å². The number of halogens is 1. The molecule has 20 heavy (non-hydrogen) atoms. The number of likely N-dealkylation sites (tertiary alicyclic amines) is 1. The fourth-order valence-electron chi connectivity index (χ4n) is 3.52. The zero-order valence-electron chi connectivity index (χ0n) is 11.6. The van der Waals surface area contributed by atoms with E-state index in [9.17, 15) is 4.79 Å². The van der Waals surface area contributed by atoms with Gasteiger partial charge in [-0.2, -0.15) is 0 Å². The summed E-state index contributed by atoms with van der Waals surface area (Å²) in [5.74, 6) is 1.57. The van der Waals surface area contributed by atoms with Crippen molar-refractivity contribution in [2.24, 2.45) is 11.8 Å². The number of urea groups is 1. The van der Waals surface area contributed by atoms with Crippen LogP contribution in [0.4, 0.5) is 10.5 Å². The normalized spacial score (nSPS) is 25.9. The summed E-state index contributed by atoms with van der Waals surface area (Å²) < 4.78 is 0. The van der Waals surface area contributed by atoms with Gasteiger partial charge in [0.2, 0.25) is 0 Å². The van der Waals surface area contributed by atoms with Crippen molar-refractivity contribution in [2.45, 2.75) is 32.1 Å². The fraction of sp³-hybridized carbons (Fsp3) is 0.562. The molecule has 3 nitrogen and oxygen atoms in total. The Balaban J connectivity index is 1.58. The summed E-state index contributed by atoms with van der Waals surface area (Å²) in [6.45, 7) is 1.81. The average Bonchev–Trinajstić information content (AvgIpc) is 2.49. The Bertz CT molecular complexity index is 474. The standard InChI is InChI=1S/C16H21ClN2O/c17-14-5-7-15(8-6-14)18-16(20)19-10-9-12-3-1-2-4-13(12)11-19/h5-8,12-13H,1-4,9-11H2,(H,18,20)/t12-,13-/m1/s1. The number of hydrogen-bond acceptors (Lipinski definition) is 1. The maximum absolute atomic E-state index is 12.3. The topological polar surface area (TPSA) is 32.3 Å². The molecule has 1 aliphatic carbocycles. The highest BCUT2D eigenvalue weighted by molar-refractivity contribution is 6.30. The van der Waals surface area contributed by atoms with E-state index < -0.39 is 0 Å². The van der Waals surface area contributed by atoms with Gasteiger partial charge in [-0.05, 0) is 48.9 Å². The molecule has 0 bridgehead atoms. The Morgan fingerprint density at radius 1 is 1.10 bits per heavy atom. The van der Waals surface area contributed by atoms with Crippen LogP contribution >= 0.6 is 11.6 Å². The molecule has 1 aliphatic heterocycles. The lowest BCUT2D eigenvalue weighted by Crippen LogP contribution is -2.46. The number of nitrogens with zero attached hydrogens (tertiary/aromatic N) is 1. The van der Waals surface area contributed by atoms with E-state index in [1.54, 1.807) is 12.1 Å². The average molecular weight is 293 g/mol. The maximum atomic E-state index is 12.3. The summed E-state index contributed by atoms with van der Waals surface area (Å²) in [4.78, 5) is 14.3. The number of carbonyl (C=O) groups is 1. The van der Waals surface area contributed by atoms with Gasteiger partial charge in [0.1, 0.15) is 0 Å². The predicted octanol–water partition coefficient (Wildman–Crippen LogP) is 4.38. The number of hydrogen-bond donors (Lipinski definition) is 1. The van der Waals surface area contributed by atoms with Crippen molar-refractivity contribution in [3.63, 3.8) is 0 Å². The molecule has 0 aromatic heterocycles. The zero-order valence-corrected chi connectivity index (χ0v) is 12.4. The third-order valence-electron chi connectivity index (χ3n) is 4.67. The number of rotatable bonds is 1. The summed E-state index contributed by atoms with van der Waals surface area (Å²) in [7, 11) is 0. The van der Waals surface area contributed by atoms with E-state index in [-0.39, 0.29) is 6.03 Å². The second-order valence-corrected chi connectivity index (χ2v) is 6.41. The molecule has 1 aromatic carbocycles. The third-order valence-corrected chi connectivity index (χ3v) is 4.93. The summed E-state index contributed by atoms with van der Waals surface area (Å²) in [5.41, 5.74) is 0.810. The molecule has 4 heteroatoms. The van der Waals surface area contributed by atoms with Gasteiger partial charge in [-0.15, -0.1) is 0 Å². The molecule has 2 amide bonds. The van der Waals surface area contributed by atoms with Crippen LogP contribution in [0.2, 0.25) is 5.02 Å². The molecule has 1 saturated heterocycles. The van der Waals surface area contributed by atoms with Gasteiger partial charge in [0, 0.05) is 23.8 Å². The first-order valence-electron chi connectivity index (χ1n) is 7.54. The van der Waals surface area contributed by atoms with Crippen LogP contribution in [0, 0.1) is 11.8 Å². The van der Waals surface area contributed by atoms with Crippen LogP contribution in [0.5, 0.6) is 0 Å². The number of benzene rings is 1. The van der Waals surface area contributed by atoms with Crippen LogP contribution < -0.4 is 5.32 Å². The SMILES string of the molecule is O=C(Nc1ccc(Cl)cc1)N1CC[C@H]2CCCC[C@@H]2C1. The van der Waals surface area contributed by atoms with Crippen LogP contribution in [0.1, 0.15) is 32.1 Å². The number of fused-ring (bicyclic) bond motifs is 1. The second-order valence-electron chi connectivity index (χ2n) is 5.98. The molecule has 1 N–H and O–H groups in total. The quantitative estimate of drug-likeness (QED) is 0.818. The van der Waals surface area contributed by atoms with E-state index in [1.807, 2.05) is 17.0 Å². The fourth-order valence-corrected chi connectivity index (χ4v) is 3.65. The van der Waals surface area contributed by atoms with E-state index >= 15 is 0 Å². The van der Waals surface area contributed by atoms with Gasteiger partial charge in [0.15, 0.2) is 0 Å². The molecule has 0 spiro atoms. The van der Waals surface area contributed by atoms with Crippen molar-refractivity contribution in [1.29, 1.82) is 0 Å². The van der Waals surface area contributed by atoms with Crippen LogP contribution in [0.3, 0.4) is 0 Å². The first-order chi connectivity index (χ1) is 9.72. The molecule has 3 rings (SSSR count). The van der Waals surface area contributed by atoms with Crippen LogP contribution in [0.15, 0.2) is 24.3 Å². The lowest BCUT2D eigenvalue weighted by molar-refractivity contribution is 0.108. The number of carbonyl (C=O) groups excluding carboxylic acids is 1. The number of anilines is 1. The molecule has 1 heterocycles. The van der Waals surface area contributed by atoms with Gasteiger partial charge in [-0.1, -0.05) is 30.9 Å².